The Labute approximate surface area is 115 Å². The minimum atomic E-state index is 0.394. The van der Waals surface area contributed by atoms with Gasteiger partial charge in [0, 0.05) is 24.2 Å². The first-order chi connectivity index (χ1) is 8.79. The molecule has 0 aliphatic carbocycles. The van der Waals surface area contributed by atoms with E-state index < -0.39 is 0 Å². The Balaban J connectivity index is 1.88. The van der Waals surface area contributed by atoms with Crippen molar-refractivity contribution in [3.05, 3.63) is 34.9 Å². The van der Waals surface area contributed by atoms with Gasteiger partial charge in [0.1, 0.15) is 0 Å². The topological polar surface area (TPSA) is 21.3 Å². The van der Waals surface area contributed by atoms with Crippen molar-refractivity contribution in [2.24, 2.45) is 5.92 Å². The molecule has 0 amide bonds. The second-order valence-electron chi connectivity index (χ2n) is 5.01. The van der Waals surface area contributed by atoms with Crippen molar-refractivity contribution >= 4 is 11.6 Å². The zero-order valence-electron chi connectivity index (χ0n) is 11.0. The summed E-state index contributed by atoms with van der Waals surface area (Å²) in [5.74, 6) is 0.659. The molecule has 2 unspecified atom stereocenters. The molecule has 1 aromatic rings. The molecule has 0 radical (unpaired) electrons. The Hall–Kier alpha value is -0.570. The standard InChI is InChI=1S/C15H22ClNO/c1-2-15(13-6-3-7-14(16)9-13)17-10-12-5-4-8-18-11-12/h3,6-7,9,12,15,17H,2,4-5,8,10-11H2,1H3. The summed E-state index contributed by atoms with van der Waals surface area (Å²) in [6.07, 6.45) is 3.55. The second kappa shape index (κ2) is 7.13. The summed E-state index contributed by atoms with van der Waals surface area (Å²) in [6, 6.07) is 8.54. The van der Waals surface area contributed by atoms with Crippen molar-refractivity contribution in [1.82, 2.24) is 5.32 Å². The predicted molar refractivity (Wildman–Crippen MR) is 76.0 cm³/mol. The van der Waals surface area contributed by atoms with Gasteiger partial charge in [-0.15, -0.1) is 0 Å². The van der Waals surface area contributed by atoms with Crippen molar-refractivity contribution < 1.29 is 4.74 Å². The number of nitrogens with one attached hydrogen (secondary N) is 1. The molecule has 2 rings (SSSR count). The van der Waals surface area contributed by atoms with Crippen LogP contribution in [0.5, 0.6) is 0 Å². The molecule has 1 aromatic carbocycles. The Morgan fingerprint density at radius 2 is 2.39 bits per heavy atom. The van der Waals surface area contributed by atoms with Crippen LogP contribution in [0, 0.1) is 5.92 Å². The molecular formula is C15H22ClNO. The molecule has 1 aliphatic rings. The van der Waals surface area contributed by atoms with Gasteiger partial charge in [-0.05, 0) is 42.9 Å². The quantitative estimate of drug-likeness (QED) is 0.876. The van der Waals surface area contributed by atoms with Crippen molar-refractivity contribution in [2.75, 3.05) is 19.8 Å². The van der Waals surface area contributed by atoms with Crippen molar-refractivity contribution in [2.45, 2.75) is 32.2 Å². The van der Waals surface area contributed by atoms with Crippen LogP contribution in [0.3, 0.4) is 0 Å². The molecular weight excluding hydrogens is 246 g/mol. The molecule has 3 heteroatoms. The van der Waals surface area contributed by atoms with Crippen LogP contribution in [-0.2, 0) is 4.74 Å². The molecule has 2 nitrogen and oxygen atoms in total. The highest BCUT2D eigenvalue weighted by atomic mass is 35.5. The second-order valence-corrected chi connectivity index (χ2v) is 5.44. The highest BCUT2D eigenvalue weighted by molar-refractivity contribution is 6.30. The largest absolute Gasteiger partial charge is 0.381 e. The van der Waals surface area contributed by atoms with E-state index >= 15 is 0 Å². The number of rotatable bonds is 5. The van der Waals surface area contributed by atoms with E-state index in [-0.39, 0.29) is 0 Å². The van der Waals surface area contributed by atoms with Crippen LogP contribution in [-0.4, -0.2) is 19.8 Å². The fraction of sp³-hybridized carbons (Fsp3) is 0.600. The van der Waals surface area contributed by atoms with E-state index in [2.05, 4.69) is 24.4 Å². The SMILES string of the molecule is CCC(NCC1CCCOC1)c1cccc(Cl)c1. The van der Waals surface area contributed by atoms with E-state index in [1.165, 1.54) is 18.4 Å². The Kier molecular flexibility index (Phi) is 5.48. The summed E-state index contributed by atoms with van der Waals surface area (Å²) < 4.78 is 5.51. The van der Waals surface area contributed by atoms with Gasteiger partial charge in [-0.2, -0.15) is 0 Å². The minimum absolute atomic E-state index is 0.394. The molecule has 0 spiro atoms. The summed E-state index contributed by atoms with van der Waals surface area (Å²) in [4.78, 5) is 0. The third-order valence-corrected chi connectivity index (χ3v) is 3.80. The number of hydrogen-bond acceptors (Lipinski definition) is 2. The van der Waals surface area contributed by atoms with Crippen LogP contribution in [0.15, 0.2) is 24.3 Å². The predicted octanol–water partition coefficient (Wildman–Crippen LogP) is 3.81. The maximum atomic E-state index is 6.05. The Morgan fingerprint density at radius 1 is 1.50 bits per heavy atom. The van der Waals surface area contributed by atoms with Gasteiger partial charge in [0.05, 0.1) is 6.61 Å². The third-order valence-electron chi connectivity index (χ3n) is 3.57. The summed E-state index contributed by atoms with van der Waals surface area (Å²) in [7, 11) is 0. The molecule has 0 bridgehead atoms. The van der Waals surface area contributed by atoms with Gasteiger partial charge >= 0.3 is 0 Å². The lowest BCUT2D eigenvalue weighted by Gasteiger charge is -2.25. The highest BCUT2D eigenvalue weighted by Gasteiger charge is 2.16. The van der Waals surface area contributed by atoms with E-state index in [0.717, 1.165) is 31.2 Å². The van der Waals surface area contributed by atoms with Crippen LogP contribution in [0.1, 0.15) is 37.8 Å². The fourth-order valence-corrected chi connectivity index (χ4v) is 2.70. The van der Waals surface area contributed by atoms with Crippen LogP contribution in [0.25, 0.3) is 0 Å². The lowest BCUT2D eigenvalue weighted by Crippen LogP contribution is -2.31. The minimum Gasteiger partial charge on any atom is -0.381 e. The van der Waals surface area contributed by atoms with Gasteiger partial charge < -0.3 is 10.1 Å². The van der Waals surface area contributed by atoms with E-state index in [1.807, 2.05) is 12.1 Å². The Morgan fingerprint density at radius 3 is 3.06 bits per heavy atom. The third kappa shape index (κ3) is 3.98. The van der Waals surface area contributed by atoms with Crippen LogP contribution < -0.4 is 5.32 Å². The maximum Gasteiger partial charge on any atom is 0.0506 e. The first-order valence-electron chi connectivity index (χ1n) is 6.86. The highest BCUT2D eigenvalue weighted by Crippen LogP contribution is 2.21. The van der Waals surface area contributed by atoms with Gasteiger partial charge in [0.15, 0.2) is 0 Å². The molecule has 1 heterocycles. The van der Waals surface area contributed by atoms with E-state index in [9.17, 15) is 0 Å². The first-order valence-corrected chi connectivity index (χ1v) is 7.24. The lowest BCUT2D eigenvalue weighted by molar-refractivity contribution is 0.0537. The normalized spacial score (nSPS) is 21.8. The summed E-state index contributed by atoms with van der Waals surface area (Å²) in [6.45, 7) is 5.07. The molecule has 0 saturated carbocycles. The summed E-state index contributed by atoms with van der Waals surface area (Å²) in [5.41, 5.74) is 1.28. The monoisotopic (exact) mass is 267 g/mol. The molecule has 1 fully saturated rings. The maximum absolute atomic E-state index is 6.05. The number of hydrogen-bond donors (Lipinski definition) is 1. The van der Waals surface area contributed by atoms with Gasteiger partial charge in [-0.3, -0.25) is 0 Å². The molecule has 1 N–H and O–H groups in total. The van der Waals surface area contributed by atoms with E-state index in [4.69, 9.17) is 16.3 Å². The van der Waals surface area contributed by atoms with Crippen LogP contribution >= 0.6 is 11.6 Å². The van der Waals surface area contributed by atoms with Gasteiger partial charge in [0.2, 0.25) is 0 Å². The number of ether oxygens (including phenoxy) is 1. The molecule has 1 saturated heterocycles. The van der Waals surface area contributed by atoms with Crippen molar-refractivity contribution in [1.29, 1.82) is 0 Å². The number of benzene rings is 1. The lowest BCUT2D eigenvalue weighted by atomic mass is 10.00. The van der Waals surface area contributed by atoms with E-state index in [1.54, 1.807) is 0 Å². The smallest absolute Gasteiger partial charge is 0.0506 e. The first kappa shape index (κ1) is 13.9. The molecule has 1 aliphatic heterocycles. The van der Waals surface area contributed by atoms with Gasteiger partial charge in [0.25, 0.3) is 0 Å². The zero-order chi connectivity index (χ0) is 12.8. The summed E-state index contributed by atoms with van der Waals surface area (Å²) in [5, 5.41) is 4.46. The molecule has 2 atom stereocenters. The molecule has 100 valence electrons. The van der Waals surface area contributed by atoms with Crippen LogP contribution in [0.2, 0.25) is 5.02 Å². The molecule has 0 aromatic heterocycles. The zero-order valence-corrected chi connectivity index (χ0v) is 11.7. The van der Waals surface area contributed by atoms with Crippen molar-refractivity contribution in [3.63, 3.8) is 0 Å². The Bertz CT molecular complexity index is 363. The van der Waals surface area contributed by atoms with Gasteiger partial charge in [-0.1, -0.05) is 30.7 Å². The fourth-order valence-electron chi connectivity index (χ4n) is 2.50. The molecule has 18 heavy (non-hydrogen) atoms. The van der Waals surface area contributed by atoms with E-state index in [0.29, 0.717) is 12.0 Å². The van der Waals surface area contributed by atoms with Crippen molar-refractivity contribution in [3.8, 4) is 0 Å². The average molecular weight is 268 g/mol. The number of halogens is 1. The van der Waals surface area contributed by atoms with Gasteiger partial charge in [-0.25, -0.2) is 0 Å². The average Bonchev–Trinajstić information content (AvgIpc) is 2.41. The van der Waals surface area contributed by atoms with Crippen LogP contribution in [0.4, 0.5) is 0 Å². The summed E-state index contributed by atoms with van der Waals surface area (Å²) >= 11 is 6.05.